The van der Waals surface area contributed by atoms with Crippen molar-refractivity contribution < 1.29 is 14.7 Å². The van der Waals surface area contributed by atoms with E-state index in [9.17, 15) is 9.59 Å². The lowest BCUT2D eigenvalue weighted by Gasteiger charge is -2.17. The van der Waals surface area contributed by atoms with Crippen LogP contribution in [0.3, 0.4) is 0 Å². The van der Waals surface area contributed by atoms with Gasteiger partial charge in [0.15, 0.2) is 0 Å². The molecule has 0 aliphatic rings. The van der Waals surface area contributed by atoms with Crippen LogP contribution in [0.5, 0.6) is 0 Å². The highest BCUT2D eigenvalue weighted by atomic mass is 16.4. The normalized spacial score (nSPS) is 12.5. The number of nitrogens with zero attached hydrogens (tertiary/aromatic N) is 1. The van der Waals surface area contributed by atoms with Crippen molar-refractivity contribution in [3.05, 3.63) is 0 Å². The number of likely N-dealkylation sites (N-methyl/N-ethyl adjacent to an activating group) is 1. The number of carbonyl (C=O) groups excluding carboxylic acids is 1. The molecule has 0 spiro atoms. The summed E-state index contributed by atoms with van der Waals surface area (Å²) in [6, 6.07) is -0.250. The molecule has 1 atom stereocenters. The van der Waals surface area contributed by atoms with Gasteiger partial charge in [-0.1, -0.05) is 13.3 Å². The molecule has 0 aromatic heterocycles. The number of amides is 1. The quantitative estimate of drug-likeness (QED) is 0.642. The number of carbonyl (C=O) groups is 2. The molecule has 0 aromatic rings. The number of carboxylic acid groups (broad SMARTS) is 1. The van der Waals surface area contributed by atoms with E-state index in [-0.39, 0.29) is 18.4 Å². The molecule has 5 heteroatoms. The summed E-state index contributed by atoms with van der Waals surface area (Å²) in [7, 11) is 3.59. The van der Waals surface area contributed by atoms with Gasteiger partial charge in [0, 0.05) is 6.04 Å². The van der Waals surface area contributed by atoms with E-state index in [0.29, 0.717) is 13.0 Å². The van der Waals surface area contributed by atoms with Crippen molar-refractivity contribution in [1.82, 2.24) is 10.2 Å². The lowest BCUT2D eigenvalue weighted by Crippen LogP contribution is -2.41. The van der Waals surface area contributed by atoms with Crippen LogP contribution in [-0.4, -0.2) is 48.6 Å². The van der Waals surface area contributed by atoms with Crippen LogP contribution >= 0.6 is 0 Å². The Morgan fingerprint density at radius 2 is 2.00 bits per heavy atom. The molecule has 0 aliphatic heterocycles. The Morgan fingerprint density at radius 3 is 2.40 bits per heavy atom. The standard InChI is InChI=1S/C10H20N2O3/c1-4-5-8(6-10(14)15)11-9(13)7-12(2)3/h8H,4-7H2,1-3H3,(H,11,13)(H,14,15). The summed E-state index contributed by atoms with van der Waals surface area (Å²) in [4.78, 5) is 23.7. The third-order valence-electron chi connectivity index (χ3n) is 1.88. The van der Waals surface area contributed by atoms with E-state index in [4.69, 9.17) is 5.11 Å². The first kappa shape index (κ1) is 13.9. The third-order valence-corrected chi connectivity index (χ3v) is 1.88. The molecule has 15 heavy (non-hydrogen) atoms. The number of aliphatic carboxylic acids is 1. The van der Waals surface area contributed by atoms with E-state index in [0.717, 1.165) is 6.42 Å². The van der Waals surface area contributed by atoms with Crippen molar-refractivity contribution in [3.8, 4) is 0 Å². The largest absolute Gasteiger partial charge is 0.481 e. The molecule has 5 nitrogen and oxygen atoms in total. The van der Waals surface area contributed by atoms with Crippen molar-refractivity contribution in [2.24, 2.45) is 0 Å². The molecule has 0 rings (SSSR count). The van der Waals surface area contributed by atoms with Crippen molar-refractivity contribution in [1.29, 1.82) is 0 Å². The van der Waals surface area contributed by atoms with Gasteiger partial charge in [-0.25, -0.2) is 0 Å². The van der Waals surface area contributed by atoms with Crippen molar-refractivity contribution in [2.45, 2.75) is 32.2 Å². The van der Waals surface area contributed by atoms with Crippen molar-refractivity contribution >= 4 is 11.9 Å². The highest BCUT2D eigenvalue weighted by Crippen LogP contribution is 2.01. The van der Waals surface area contributed by atoms with Crippen LogP contribution in [0, 0.1) is 0 Å². The second-order valence-electron chi connectivity index (χ2n) is 3.89. The fourth-order valence-electron chi connectivity index (χ4n) is 1.35. The molecule has 1 amide bonds. The lowest BCUT2D eigenvalue weighted by atomic mass is 10.1. The molecule has 88 valence electrons. The van der Waals surface area contributed by atoms with Crippen LogP contribution in [0.2, 0.25) is 0 Å². The first-order valence-electron chi connectivity index (χ1n) is 5.11. The van der Waals surface area contributed by atoms with Gasteiger partial charge in [-0.2, -0.15) is 0 Å². The zero-order valence-electron chi connectivity index (χ0n) is 9.62. The topological polar surface area (TPSA) is 69.6 Å². The van der Waals surface area contributed by atoms with E-state index in [1.165, 1.54) is 0 Å². The zero-order chi connectivity index (χ0) is 11.8. The predicted molar refractivity (Wildman–Crippen MR) is 57.6 cm³/mol. The summed E-state index contributed by atoms with van der Waals surface area (Å²) in [6.45, 7) is 2.26. The van der Waals surface area contributed by atoms with Gasteiger partial charge in [0.2, 0.25) is 5.91 Å². The van der Waals surface area contributed by atoms with Crippen molar-refractivity contribution in [2.75, 3.05) is 20.6 Å². The van der Waals surface area contributed by atoms with E-state index in [1.807, 2.05) is 6.92 Å². The molecule has 2 N–H and O–H groups in total. The first-order chi connectivity index (χ1) is 6.95. The lowest BCUT2D eigenvalue weighted by molar-refractivity contribution is -0.137. The van der Waals surface area contributed by atoms with Gasteiger partial charge in [0.25, 0.3) is 0 Å². The summed E-state index contributed by atoms with van der Waals surface area (Å²) < 4.78 is 0. The number of carboxylic acids is 1. The smallest absolute Gasteiger partial charge is 0.305 e. The number of hydrogen-bond donors (Lipinski definition) is 2. The van der Waals surface area contributed by atoms with Crippen LogP contribution in [0.25, 0.3) is 0 Å². The van der Waals surface area contributed by atoms with Crippen LogP contribution in [0.4, 0.5) is 0 Å². The summed E-state index contributed by atoms with van der Waals surface area (Å²) in [6.07, 6.45) is 1.55. The minimum Gasteiger partial charge on any atom is -0.481 e. The molecule has 0 aromatic carbocycles. The molecule has 0 fully saturated rings. The second kappa shape index (κ2) is 7.23. The maximum absolute atomic E-state index is 11.4. The first-order valence-corrected chi connectivity index (χ1v) is 5.11. The average molecular weight is 216 g/mol. The number of nitrogens with one attached hydrogen (secondary N) is 1. The predicted octanol–water partition coefficient (Wildman–Crippen LogP) is 0.308. The minimum atomic E-state index is -0.876. The average Bonchev–Trinajstić information content (AvgIpc) is 2.00. The Balaban J connectivity index is 4.03. The molecule has 1 unspecified atom stereocenters. The van der Waals surface area contributed by atoms with E-state index in [2.05, 4.69) is 5.32 Å². The molecular formula is C10H20N2O3. The van der Waals surface area contributed by atoms with Gasteiger partial charge in [0.1, 0.15) is 0 Å². The minimum absolute atomic E-state index is 0.00694. The molecule has 0 radical (unpaired) electrons. The summed E-state index contributed by atoms with van der Waals surface area (Å²) in [5, 5.41) is 11.4. The van der Waals surface area contributed by atoms with Gasteiger partial charge in [-0.05, 0) is 20.5 Å². The third kappa shape index (κ3) is 7.93. The monoisotopic (exact) mass is 216 g/mol. The van der Waals surface area contributed by atoms with Gasteiger partial charge in [0.05, 0.1) is 13.0 Å². The van der Waals surface area contributed by atoms with E-state index in [1.54, 1.807) is 19.0 Å². The van der Waals surface area contributed by atoms with Crippen LogP contribution in [0.1, 0.15) is 26.2 Å². The van der Waals surface area contributed by atoms with E-state index >= 15 is 0 Å². The molecule has 0 saturated carbocycles. The Kier molecular flexibility index (Phi) is 6.70. The molecular weight excluding hydrogens is 196 g/mol. The Morgan fingerprint density at radius 1 is 1.40 bits per heavy atom. The number of hydrogen-bond acceptors (Lipinski definition) is 3. The summed E-state index contributed by atoms with van der Waals surface area (Å²) in [5.41, 5.74) is 0. The van der Waals surface area contributed by atoms with Crippen LogP contribution < -0.4 is 5.32 Å². The maximum atomic E-state index is 11.4. The van der Waals surface area contributed by atoms with Crippen LogP contribution in [-0.2, 0) is 9.59 Å². The second-order valence-corrected chi connectivity index (χ2v) is 3.89. The van der Waals surface area contributed by atoms with Gasteiger partial charge in [-0.3, -0.25) is 9.59 Å². The zero-order valence-corrected chi connectivity index (χ0v) is 9.62. The molecule has 0 saturated heterocycles. The summed E-state index contributed by atoms with van der Waals surface area (Å²) in [5.74, 6) is -1.00. The Labute approximate surface area is 90.5 Å². The summed E-state index contributed by atoms with van der Waals surface area (Å²) >= 11 is 0. The number of rotatable bonds is 7. The van der Waals surface area contributed by atoms with Gasteiger partial charge < -0.3 is 15.3 Å². The van der Waals surface area contributed by atoms with Gasteiger partial charge >= 0.3 is 5.97 Å². The van der Waals surface area contributed by atoms with Gasteiger partial charge in [-0.15, -0.1) is 0 Å². The van der Waals surface area contributed by atoms with Crippen LogP contribution in [0.15, 0.2) is 0 Å². The highest BCUT2D eigenvalue weighted by molar-refractivity contribution is 5.79. The molecule has 0 heterocycles. The highest BCUT2D eigenvalue weighted by Gasteiger charge is 2.15. The fraction of sp³-hybridized carbons (Fsp3) is 0.800. The molecule has 0 bridgehead atoms. The fourth-order valence-corrected chi connectivity index (χ4v) is 1.35. The SMILES string of the molecule is CCCC(CC(=O)O)NC(=O)CN(C)C. The van der Waals surface area contributed by atoms with Crippen molar-refractivity contribution in [3.63, 3.8) is 0 Å². The Hall–Kier alpha value is -1.10. The maximum Gasteiger partial charge on any atom is 0.305 e. The Bertz CT molecular complexity index is 217. The molecule has 0 aliphatic carbocycles. The van der Waals surface area contributed by atoms with E-state index < -0.39 is 5.97 Å².